The van der Waals surface area contributed by atoms with Gasteiger partial charge in [0, 0.05) is 12.6 Å². The highest BCUT2D eigenvalue weighted by Crippen LogP contribution is 2.36. The van der Waals surface area contributed by atoms with Gasteiger partial charge in [0.25, 0.3) is 0 Å². The first-order valence-electron chi connectivity index (χ1n) is 5.88. The van der Waals surface area contributed by atoms with Crippen molar-refractivity contribution in [1.29, 1.82) is 5.26 Å². The number of hydrogen-bond acceptors (Lipinski definition) is 6. The van der Waals surface area contributed by atoms with Crippen LogP contribution in [0.1, 0.15) is 5.56 Å². The molecule has 3 aromatic rings. The molecule has 0 fully saturated rings. The third kappa shape index (κ3) is 2.65. The van der Waals surface area contributed by atoms with E-state index in [2.05, 4.69) is 20.6 Å². The fourth-order valence-corrected chi connectivity index (χ4v) is 3.78. The Morgan fingerprint density at radius 1 is 1.29 bits per heavy atom. The monoisotopic (exact) mass is 333 g/mol. The Kier molecular flexibility index (Phi) is 3.92. The second-order valence-electron chi connectivity index (χ2n) is 4.08. The molecule has 104 valence electrons. The van der Waals surface area contributed by atoms with Crippen LogP contribution in [0, 0.1) is 11.3 Å². The Balaban J connectivity index is 1.95. The van der Waals surface area contributed by atoms with Crippen LogP contribution in [0.4, 0.5) is 0 Å². The molecule has 0 unspecified atom stereocenters. The van der Waals surface area contributed by atoms with Gasteiger partial charge >= 0.3 is 0 Å². The molecule has 2 heterocycles. The van der Waals surface area contributed by atoms with Gasteiger partial charge in [-0.3, -0.25) is 0 Å². The Labute approximate surface area is 134 Å². The summed E-state index contributed by atoms with van der Waals surface area (Å²) in [5.41, 5.74) is 1.37. The predicted octanol–water partition coefficient (Wildman–Crippen LogP) is 3.61. The summed E-state index contributed by atoms with van der Waals surface area (Å²) in [5, 5.41) is 18.4. The predicted molar refractivity (Wildman–Crippen MR) is 82.4 cm³/mol. The van der Waals surface area contributed by atoms with Crippen molar-refractivity contribution in [3.8, 4) is 17.5 Å². The summed E-state index contributed by atoms with van der Waals surface area (Å²) in [5.74, 6) is 0.771. The van der Waals surface area contributed by atoms with Crippen LogP contribution in [-0.2, 0) is 7.05 Å². The number of benzene rings is 1. The summed E-state index contributed by atoms with van der Waals surface area (Å²) in [6.45, 7) is 0. The highest BCUT2D eigenvalue weighted by Gasteiger charge is 2.17. The zero-order chi connectivity index (χ0) is 14.8. The molecule has 3 rings (SSSR count). The van der Waals surface area contributed by atoms with Crippen LogP contribution in [0.25, 0.3) is 11.4 Å². The standard InChI is InChI=1S/C13H8ClN5S2/c1-19-11(8-5-3-2-4-6-8)16-17-13(19)20-12-9(7-15)10(14)18-21-12/h2-6H,1H3. The summed E-state index contributed by atoms with van der Waals surface area (Å²) in [7, 11) is 1.89. The summed E-state index contributed by atoms with van der Waals surface area (Å²) in [6, 6.07) is 11.9. The molecule has 1 aromatic carbocycles. The SMILES string of the molecule is Cn1c(Sc2snc(Cl)c2C#N)nnc1-c1ccccc1. The maximum absolute atomic E-state index is 9.09. The van der Waals surface area contributed by atoms with E-state index < -0.39 is 0 Å². The highest BCUT2D eigenvalue weighted by molar-refractivity contribution is 8.01. The molecule has 5 nitrogen and oxygen atoms in total. The van der Waals surface area contributed by atoms with Crippen LogP contribution in [0.15, 0.2) is 39.7 Å². The highest BCUT2D eigenvalue weighted by atomic mass is 35.5. The maximum Gasteiger partial charge on any atom is 0.196 e. The van der Waals surface area contributed by atoms with E-state index in [-0.39, 0.29) is 5.15 Å². The lowest BCUT2D eigenvalue weighted by molar-refractivity contribution is 0.794. The molecule has 0 N–H and O–H groups in total. The van der Waals surface area contributed by atoms with Crippen molar-refractivity contribution in [2.24, 2.45) is 7.05 Å². The van der Waals surface area contributed by atoms with Gasteiger partial charge in [0.2, 0.25) is 0 Å². The number of halogens is 1. The first-order valence-corrected chi connectivity index (χ1v) is 7.85. The van der Waals surface area contributed by atoms with E-state index in [9.17, 15) is 0 Å². The molecule has 21 heavy (non-hydrogen) atoms. The maximum atomic E-state index is 9.09. The van der Waals surface area contributed by atoms with Gasteiger partial charge in [-0.15, -0.1) is 10.2 Å². The second kappa shape index (κ2) is 5.85. The van der Waals surface area contributed by atoms with Gasteiger partial charge in [-0.1, -0.05) is 41.9 Å². The Bertz CT molecular complexity index is 819. The molecule has 0 spiro atoms. The van der Waals surface area contributed by atoms with Gasteiger partial charge in [-0.25, -0.2) is 0 Å². The molecule has 8 heteroatoms. The number of hydrogen-bond donors (Lipinski definition) is 0. The van der Waals surface area contributed by atoms with Crippen LogP contribution in [0.3, 0.4) is 0 Å². The van der Waals surface area contributed by atoms with Crippen LogP contribution < -0.4 is 0 Å². The van der Waals surface area contributed by atoms with E-state index in [4.69, 9.17) is 16.9 Å². The Morgan fingerprint density at radius 2 is 2.05 bits per heavy atom. The Hall–Kier alpha value is -1.88. The van der Waals surface area contributed by atoms with Crippen molar-refractivity contribution in [2.45, 2.75) is 9.37 Å². The molecule has 0 bridgehead atoms. The molecule has 0 aliphatic carbocycles. The molecule has 0 atom stereocenters. The van der Waals surface area contributed by atoms with Crippen LogP contribution >= 0.6 is 34.9 Å². The lowest BCUT2D eigenvalue weighted by Gasteiger charge is -2.02. The van der Waals surface area contributed by atoms with E-state index in [1.54, 1.807) is 0 Å². The fourth-order valence-electron chi connectivity index (χ4n) is 1.74. The van der Waals surface area contributed by atoms with Crippen LogP contribution in [0.2, 0.25) is 5.15 Å². The molecule has 0 aliphatic rings. The lowest BCUT2D eigenvalue weighted by Crippen LogP contribution is -1.94. The van der Waals surface area contributed by atoms with Crippen LogP contribution in [0.5, 0.6) is 0 Å². The number of nitriles is 1. The number of aromatic nitrogens is 4. The first-order chi connectivity index (χ1) is 10.2. The summed E-state index contributed by atoms with van der Waals surface area (Å²) in [4.78, 5) is 0. The quantitative estimate of drug-likeness (QED) is 0.732. The van der Waals surface area contributed by atoms with Crippen LogP contribution in [-0.4, -0.2) is 19.1 Å². The van der Waals surface area contributed by atoms with E-state index >= 15 is 0 Å². The zero-order valence-corrected chi connectivity index (χ0v) is 13.2. The largest absolute Gasteiger partial charge is 0.305 e. The van der Waals surface area contributed by atoms with Gasteiger partial charge in [-0.2, -0.15) is 9.64 Å². The number of nitrogens with zero attached hydrogens (tertiary/aromatic N) is 5. The number of rotatable bonds is 3. The fraction of sp³-hybridized carbons (Fsp3) is 0.0769. The summed E-state index contributed by atoms with van der Waals surface area (Å²) in [6.07, 6.45) is 0. The topological polar surface area (TPSA) is 67.4 Å². The first kappa shape index (κ1) is 14.1. The average molecular weight is 334 g/mol. The zero-order valence-electron chi connectivity index (χ0n) is 10.8. The van der Waals surface area contributed by atoms with Crippen molar-refractivity contribution in [2.75, 3.05) is 0 Å². The minimum absolute atomic E-state index is 0.232. The van der Waals surface area contributed by atoms with Crippen molar-refractivity contribution < 1.29 is 0 Å². The second-order valence-corrected chi connectivity index (χ2v) is 6.45. The van der Waals surface area contributed by atoms with Crippen molar-refractivity contribution in [1.82, 2.24) is 19.1 Å². The Morgan fingerprint density at radius 3 is 2.76 bits per heavy atom. The summed E-state index contributed by atoms with van der Waals surface area (Å²) < 4.78 is 6.59. The molecule has 0 saturated carbocycles. The van der Waals surface area contributed by atoms with E-state index in [1.807, 2.05) is 41.9 Å². The van der Waals surface area contributed by atoms with Gasteiger partial charge in [-0.05, 0) is 23.3 Å². The minimum Gasteiger partial charge on any atom is -0.305 e. The van der Waals surface area contributed by atoms with Crippen molar-refractivity contribution in [3.05, 3.63) is 41.0 Å². The van der Waals surface area contributed by atoms with E-state index in [0.29, 0.717) is 10.7 Å². The molecule has 2 aromatic heterocycles. The molecular formula is C13H8ClN5S2. The van der Waals surface area contributed by atoms with E-state index in [0.717, 1.165) is 15.6 Å². The minimum atomic E-state index is 0.232. The third-order valence-corrected chi connectivity index (χ3v) is 5.20. The molecule has 0 radical (unpaired) electrons. The smallest absolute Gasteiger partial charge is 0.196 e. The molecule has 0 aliphatic heterocycles. The summed E-state index contributed by atoms with van der Waals surface area (Å²) >= 11 is 8.40. The normalized spacial score (nSPS) is 10.5. The van der Waals surface area contributed by atoms with Crippen molar-refractivity contribution in [3.63, 3.8) is 0 Å². The lowest BCUT2D eigenvalue weighted by atomic mass is 10.2. The average Bonchev–Trinajstić information content (AvgIpc) is 3.04. The molecule has 0 saturated heterocycles. The van der Waals surface area contributed by atoms with E-state index in [1.165, 1.54) is 23.3 Å². The van der Waals surface area contributed by atoms with Gasteiger partial charge < -0.3 is 4.57 Å². The van der Waals surface area contributed by atoms with Gasteiger partial charge in [0.05, 0.1) is 0 Å². The van der Waals surface area contributed by atoms with Gasteiger partial charge in [0.1, 0.15) is 15.8 Å². The molecular weight excluding hydrogens is 326 g/mol. The van der Waals surface area contributed by atoms with Gasteiger partial charge in [0.15, 0.2) is 16.1 Å². The third-order valence-electron chi connectivity index (χ3n) is 2.78. The van der Waals surface area contributed by atoms with Crippen molar-refractivity contribution >= 4 is 34.9 Å². The molecule has 0 amide bonds.